The number of methoxy groups -OCH3 is 5. The van der Waals surface area contributed by atoms with Crippen LogP contribution in [0.2, 0.25) is 0 Å². The molecule has 2 heterocycles. The third-order valence-corrected chi connectivity index (χ3v) is 5.77. The first-order valence-corrected chi connectivity index (χ1v) is 10.3. The largest absolute Gasteiger partial charge is 0.493 e. The lowest BCUT2D eigenvalue weighted by molar-refractivity contribution is 0.324. The molecule has 0 N–H and O–H groups in total. The second kappa shape index (κ2) is 8.75. The molecule has 0 atom stereocenters. The molecule has 0 aliphatic heterocycles. The quantitative estimate of drug-likeness (QED) is 0.420. The van der Waals surface area contributed by atoms with Crippen LogP contribution < -0.4 is 33.8 Å². The van der Waals surface area contributed by atoms with E-state index in [-0.39, 0.29) is 5.56 Å². The smallest absolute Gasteiger partial charge is 0.291 e. The Bertz CT molecular complexity index is 1370. The summed E-state index contributed by atoms with van der Waals surface area (Å²) in [5, 5.41) is 4.39. The van der Waals surface area contributed by atoms with Gasteiger partial charge < -0.3 is 23.7 Å². The van der Waals surface area contributed by atoms with Crippen molar-refractivity contribution in [2.24, 2.45) is 0 Å². The van der Waals surface area contributed by atoms with Crippen LogP contribution in [0.15, 0.2) is 35.1 Å². The van der Waals surface area contributed by atoms with E-state index >= 15 is 0 Å². The van der Waals surface area contributed by atoms with Crippen LogP contribution in [0.3, 0.4) is 0 Å². The van der Waals surface area contributed by atoms with Crippen molar-refractivity contribution in [3.05, 3.63) is 50.8 Å². The molecule has 0 aliphatic rings. The Morgan fingerprint density at radius 2 is 1.50 bits per heavy atom. The van der Waals surface area contributed by atoms with E-state index in [1.54, 1.807) is 58.8 Å². The summed E-state index contributed by atoms with van der Waals surface area (Å²) in [7, 11) is 7.74. The van der Waals surface area contributed by atoms with Crippen molar-refractivity contribution < 1.29 is 23.7 Å². The number of fused-ring (bicyclic) bond motifs is 1. The topological polar surface area (TPSA) is 93.4 Å². The maximum atomic E-state index is 12.9. The number of nitrogens with zero attached hydrogens (tertiary/aromatic N) is 3. The fraction of sp³-hybridized carbons (Fsp3) is 0.227. The third-order valence-electron chi connectivity index (χ3n) is 4.81. The summed E-state index contributed by atoms with van der Waals surface area (Å²) in [4.78, 5) is 17.9. The Hall–Kier alpha value is -3.79. The minimum Gasteiger partial charge on any atom is -0.493 e. The first-order valence-electron chi connectivity index (χ1n) is 9.46. The molecule has 0 saturated carbocycles. The number of hydrogen-bond acceptors (Lipinski definition) is 9. The SMILES string of the molecule is COc1ccc(-c2nc3s/c(=C/c4cc(OC)c(OC)c(OC)c4)c(=O)n3n2)cc1OC. The van der Waals surface area contributed by atoms with Gasteiger partial charge in [0.1, 0.15) is 0 Å². The maximum Gasteiger partial charge on any atom is 0.291 e. The van der Waals surface area contributed by atoms with Crippen LogP contribution in [0.5, 0.6) is 28.7 Å². The lowest BCUT2D eigenvalue weighted by Gasteiger charge is -2.12. The second-order valence-corrected chi connectivity index (χ2v) is 7.58. The van der Waals surface area contributed by atoms with Crippen LogP contribution in [-0.4, -0.2) is 50.1 Å². The van der Waals surface area contributed by atoms with Gasteiger partial charge in [-0.05, 0) is 42.0 Å². The summed E-state index contributed by atoms with van der Waals surface area (Å²) < 4.78 is 28.5. The van der Waals surface area contributed by atoms with E-state index in [0.717, 1.165) is 5.56 Å². The Morgan fingerprint density at radius 3 is 2.06 bits per heavy atom. The molecule has 2 aromatic carbocycles. The molecule has 0 aliphatic carbocycles. The lowest BCUT2D eigenvalue weighted by Crippen LogP contribution is -2.23. The molecule has 4 aromatic rings. The number of thiazole rings is 1. The van der Waals surface area contributed by atoms with Gasteiger partial charge in [-0.3, -0.25) is 4.79 Å². The molecular formula is C22H21N3O6S. The van der Waals surface area contributed by atoms with Gasteiger partial charge in [0.2, 0.25) is 10.7 Å². The van der Waals surface area contributed by atoms with Crippen LogP contribution in [0.1, 0.15) is 5.56 Å². The molecule has 0 unspecified atom stereocenters. The van der Waals surface area contributed by atoms with E-state index in [1.165, 1.54) is 23.0 Å². The summed E-state index contributed by atoms with van der Waals surface area (Å²) in [5.74, 6) is 3.07. The Morgan fingerprint density at radius 1 is 0.844 bits per heavy atom. The summed E-state index contributed by atoms with van der Waals surface area (Å²) >= 11 is 1.24. The predicted molar refractivity (Wildman–Crippen MR) is 121 cm³/mol. The van der Waals surface area contributed by atoms with Crippen molar-refractivity contribution in [3.8, 4) is 40.1 Å². The zero-order chi connectivity index (χ0) is 22.8. The minimum absolute atomic E-state index is 0.266. The number of hydrogen-bond donors (Lipinski definition) is 0. The Labute approximate surface area is 187 Å². The molecule has 0 radical (unpaired) electrons. The molecule has 0 fully saturated rings. The second-order valence-electron chi connectivity index (χ2n) is 6.57. The van der Waals surface area contributed by atoms with Gasteiger partial charge in [-0.25, -0.2) is 0 Å². The zero-order valence-corrected chi connectivity index (χ0v) is 19.0. The van der Waals surface area contributed by atoms with Crippen molar-refractivity contribution >= 4 is 22.4 Å². The van der Waals surface area contributed by atoms with Gasteiger partial charge in [0.25, 0.3) is 5.56 Å². The number of benzene rings is 2. The molecule has 166 valence electrons. The van der Waals surface area contributed by atoms with Gasteiger partial charge in [0.05, 0.1) is 40.1 Å². The summed E-state index contributed by atoms with van der Waals surface area (Å²) in [6, 6.07) is 8.89. The van der Waals surface area contributed by atoms with Crippen molar-refractivity contribution in [3.63, 3.8) is 0 Å². The fourth-order valence-electron chi connectivity index (χ4n) is 3.27. The van der Waals surface area contributed by atoms with E-state index in [9.17, 15) is 4.79 Å². The monoisotopic (exact) mass is 455 g/mol. The van der Waals surface area contributed by atoms with Gasteiger partial charge in [-0.1, -0.05) is 11.3 Å². The normalized spacial score (nSPS) is 11.6. The lowest BCUT2D eigenvalue weighted by atomic mass is 10.1. The van der Waals surface area contributed by atoms with Crippen LogP contribution in [0, 0.1) is 0 Å². The molecule has 0 bridgehead atoms. The molecule has 4 rings (SSSR count). The highest BCUT2D eigenvalue weighted by Gasteiger charge is 2.16. The van der Waals surface area contributed by atoms with Gasteiger partial charge in [0.15, 0.2) is 28.8 Å². The highest BCUT2D eigenvalue weighted by atomic mass is 32.1. The third kappa shape index (κ3) is 3.69. The van der Waals surface area contributed by atoms with E-state index in [0.29, 0.717) is 49.6 Å². The van der Waals surface area contributed by atoms with Crippen LogP contribution in [0.4, 0.5) is 0 Å². The highest BCUT2D eigenvalue weighted by Crippen LogP contribution is 2.38. The molecule has 0 spiro atoms. The molecule has 0 saturated heterocycles. The highest BCUT2D eigenvalue weighted by molar-refractivity contribution is 7.15. The first-order chi connectivity index (χ1) is 15.5. The molecule has 32 heavy (non-hydrogen) atoms. The molecule has 0 amide bonds. The average Bonchev–Trinajstić information content (AvgIpc) is 3.37. The van der Waals surface area contributed by atoms with E-state index in [4.69, 9.17) is 23.7 Å². The predicted octanol–water partition coefficient (Wildman–Crippen LogP) is 2.41. The molecule has 10 heteroatoms. The van der Waals surface area contributed by atoms with Crippen molar-refractivity contribution in [2.75, 3.05) is 35.5 Å². The van der Waals surface area contributed by atoms with Gasteiger partial charge >= 0.3 is 0 Å². The van der Waals surface area contributed by atoms with Crippen LogP contribution in [0.25, 0.3) is 22.4 Å². The number of rotatable bonds is 7. The Balaban J connectivity index is 1.78. The van der Waals surface area contributed by atoms with Gasteiger partial charge in [-0.2, -0.15) is 9.50 Å². The average molecular weight is 455 g/mol. The van der Waals surface area contributed by atoms with Crippen molar-refractivity contribution in [1.82, 2.24) is 14.6 Å². The molecule has 9 nitrogen and oxygen atoms in total. The summed E-state index contributed by atoms with van der Waals surface area (Å²) in [6.07, 6.45) is 1.74. The van der Waals surface area contributed by atoms with E-state index < -0.39 is 0 Å². The maximum absolute atomic E-state index is 12.9. The van der Waals surface area contributed by atoms with Crippen LogP contribution in [-0.2, 0) is 0 Å². The van der Waals surface area contributed by atoms with E-state index in [2.05, 4.69) is 10.1 Å². The standard InChI is InChI=1S/C22H21N3O6S/c1-27-14-7-6-13(11-15(14)28-2)20-23-22-25(24-20)21(26)18(32-22)10-12-8-16(29-3)19(31-5)17(9-12)30-4/h6-11H,1-5H3/b18-10+. The summed E-state index contributed by atoms with van der Waals surface area (Å²) in [6.45, 7) is 0. The van der Waals surface area contributed by atoms with Gasteiger partial charge in [0, 0.05) is 5.56 Å². The zero-order valence-electron chi connectivity index (χ0n) is 18.2. The molecular weight excluding hydrogens is 434 g/mol. The minimum atomic E-state index is -0.266. The van der Waals surface area contributed by atoms with Crippen LogP contribution >= 0.6 is 11.3 Å². The van der Waals surface area contributed by atoms with Crippen molar-refractivity contribution in [1.29, 1.82) is 0 Å². The van der Waals surface area contributed by atoms with Crippen molar-refractivity contribution in [2.45, 2.75) is 0 Å². The summed E-state index contributed by atoms with van der Waals surface area (Å²) in [5.41, 5.74) is 1.17. The number of aromatic nitrogens is 3. The number of ether oxygens (including phenoxy) is 5. The van der Waals surface area contributed by atoms with Gasteiger partial charge in [-0.15, -0.1) is 5.10 Å². The van der Waals surface area contributed by atoms with E-state index in [1.807, 2.05) is 6.07 Å². The first kappa shape index (κ1) is 21.4. The Kier molecular flexibility index (Phi) is 5.87. The fourth-order valence-corrected chi connectivity index (χ4v) is 4.18. The molecule has 2 aromatic heterocycles.